The van der Waals surface area contributed by atoms with Crippen molar-refractivity contribution in [2.75, 3.05) is 7.11 Å². The number of ether oxygens (including phenoxy) is 1. The molecule has 0 fully saturated rings. The van der Waals surface area contributed by atoms with Gasteiger partial charge in [0.25, 0.3) is 0 Å². The van der Waals surface area contributed by atoms with Gasteiger partial charge in [-0.25, -0.2) is 0 Å². The summed E-state index contributed by atoms with van der Waals surface area (Å²) in [6, 6.07) is 6.18. The van der Waals surface area contributed by atoms with Crippen molar-refractivity contribution in [2.45, 2.75) is 12.1 Å². The summed E-state index contributed by atoms with van der Waals surface area (Å²) in [6.07, 6.45) is -1.83. The molecule has 0 bridgehead atoms. The molecule has 78 valence electrons. The van der Waals surface area contributed by atoms with E-state index in [1.54, 1.807) is 12.1 Å². The van der Waals surface area contributed by atoms with Crippen molar-refractivity contribution < 1.29 is 25.2 Å². The highest BCUT2D eigenvalue weighted by molar-refractivity contribution is 5.35. The predicted octanol–water partition coefficient (Wildman–Crippen LogP) is -0.641. The van der Waals surface area contributed by atoms with E-state index in [9.17, 15) is 5.11 Å². The van der Waals surface area contributed by atoms with E-state index in [4.69, 9.17) is 20.1 Å². The summed E-state index contributed by atoms with van der Waals surface area (Å²) in [5.41, 5.74) is 0.0995. The van der Waals surface area contributed by atoms with Crippen molar-refractivity contribution in [1.29, 1.82) is 0 Å². The zero-order valence-electron chi connectivity index (χ0n) is 7.58. The number of aliphatic hydroxyl groups is 4. The first-order chi connectivity index (χ1) is 6.46. The monoisotopic (exact) mass is 200 g/mol. The van der Waals surface area contributed by atoms with Gasteiger partial charge >= 0.3 is 5.97 Å². The summed E-state index contributed by atoms with van der Waals surface area (Å²) in [6.45, 7) is 0. The fourth-order valence-corrected chi connectivity index (χ4v) is 1.10. The maximum absolute atomic E-state index is 9.34. The Morgan fingerprint density at radius 1 is 1.21 bits per heavy atom. The Bertz CT molecular complexity index is 304. The van der Waals surface area contributed by atoms with Crippen molar-refractivity contribution in [2.24, 2.45) is 0 Å². The van der Waals surface area contributed by atoms with Crippen LogP contribution in [-0.2, 0) is 0 Å². The Kier molecular flexibility index (Phi) is 3.07. The van der Waals surface area contributed by atoms with Crippen molar-refractivity contribution in [3.63, 3.8) is 0 Å². The Hall–Kier alpha value is -1.14. The van der Waals surface area contributed by atoms with E-state index in [0.717, 1.165) is 0 Å². The molecule has 1 rings (SSSR count). The summed E-state index contributed by atoms with van der Waals surface area (Å²) >= 11 is 0. The van der Waals surface area contributed by atoms with Crippen LogP contribution in [0.25, 0.3) is 0 Å². The third-order valence-corrected chi connectivity index (χ3v) is 1.80. The number of benzene rings is 1. The predicted molar refractivity (Wildman–Crippen MR) is 47.3 cm³/mol. The molecule has 0 aliphatic carbocycles. The lowest BCUT2D eigenvalue weighted by Gasteiger charge is -2.22. The van der Waals surface area contributed by atoms with Gasteiger partial charge in [-0.2, -0.15) is 0 Å². The maximum Gasteiger partial charge on any atom is 0.307 e. The van der Waals surface area contributed by atoms with Crippen LogP contribution in [0.4, 0.5) is 0 Å². The number of para-hydroxylation sites is 1. The summed E-state index contributed by atoms with van der Waals surface area (Å²) in [4.78, 5) is 0. The summed E-state index contributed by atoms with van der Waals surface area (Å²) in [7, 11) is 1.37. The van der Waals surface area contributed by atoms with Gasteiger partial charge in [-0.3, -0.25) is 0 Å². The second-order valence-electron chi connectivity index (χ2n) is 2.83. The van der Waals surface area contributed by atoms with Crippen molar-refractivity contribution in [1.82, 2.24) is 0 Å². The lowest BCUT2D eigenvalue weighted by Crippen LogP contribution is -2.35. The highest BCUT2D eigenvalue weighted by atomic mass is 16.7. The lowest BCUT2D eigenvalue weighted by atomic mass is 10.1. The molecule has 5 nitrogen and oxygen atoms in total. The third kappa shape index (κ3) is 2.21. The first-order valence-corrected chi connectivity index (χ1v) is 3.95. The Balaban J connectivity index is 3.06. The molecule has 14 heavy (non-hydrogen) atoms. The molecular formula is C9H12O5. The highest BCUT2D eigenvalue weighted by Gasteiger charge is 2.33. The molecule has 0 amide bonds. The van der Waals surface area contributed by atoms with E-state index < -0.39 is 12.1 Å². The molecule has 0 aromatic heterocycles. The van der Waals surface area contributed by atoms with Crippen LogP contribution in [0.15, 0.2) is 24.3 Å². The minimum Gasteiger partial charge on any atom is -0.496 e. The zero-order chi connectivity index (χ0) is 10.8. The molecule has 0 aliphatic heterocycles. The van der Waals surface area contributed by atoms with Crippen LogP contribution in [0.2, 0.25) is 0 Å². The first kappa shape index (κ1) is 10.9. The van der Waals surface area contributed by atoms with E-state index in [1.165, 1.54) is 19.2 Å². The molecule has 0 saturated carbocycles. The SMILES string of the molecule is COc1ccccc1C(O)C(O)(O)O. The molecule has 0 radical (unpaired) electrons. The van der Waals surface area contributed by atoms with Gasteiger partial charge in [0.15, 0.2) is 6.10 Å². The quantitative estimate of drug-likeness (QED) is 0.487. The summed E-state index contributed by atoms with van der Waals surface area (Å²) < 4.78 is 4.87. The fraction of sp³-hybridized carbons (Fsp3) is 0.333. The summed E-state index contributed by atoms with van der Waals surface area (Å²) in [5, 5.41) is 35.6. The Morgan fingerprint density at radius 3 is 2.29 bits per heavy atom. The Labute approximate surface area is 80.8 Å². The lowest BCUT2D eigenvalue weighted by molar-refractivity contribution is -0.357. The van der Waals surface area contributed by atoms with Gasteiger partial charge in [0.05, 0.1) is 7.11 Å². The smallest absolute Gasteiger partial charge is 0.307 e. The van der Waals surface area contributed by atoms with E-state index in [0.29, 0.717) is 0 Å². The molecule has 0 spiro atoms. The molecule has 0 aliphatic rings. The second kappa shape index (κ2) is 3.93. The van der Waals surface area contributed by atoms with E-state index in [2.05, 4.69) is 0 Å². The molecule has 5 heteroatoms. The average Bonchev–Trinajstić information content (AvgIpc) is 2.15. The van der Waals surface area contributed by atoms with Crippen LogP contribution in [-0.4, -0.2) is 33.5 Å². The van der Waals surface area contributed by atoms with Crippen LogP contribution < -0.4 is 4.74 Å². The largest absolute Gasteiger partial charge is 0.496 e. The Morgan fingerprint density at radius 2 is 1.79 bits per heavy atom. The van der Waals surface area contributed by atoms with Crippen LogP contribution >= 0.6 is 0 Å². The molecule has 1 unspecified atom stereocenters. The van der Waals surface area contributed by atoms with Crippen LogP contribution in [0.3, 0.4) is 0 Å². The minimum absolute atomic E-state index is 0.0995. The van der Waals surface area contributed by atoms with Gasteiger partial charge in [-0.1, -0.05) is 18.2 Å². The van der Waals surface area contributed by atoms with Crippen molar-refractivity contribution in [3.8, 4) is 5.75 Å². The molecule has 1 aromatic carbocycles. The topological polar surface area (TPSA) is 90.2 Å². The molecule has 4 N–H and O–H groups in total. The number of hydrogen-bond acceptors (Lipinski definition) is 5. The third-order valence-electron chi connectivity index (χ3n) is 1.80. The number of rotatable bonds is 3. The highest BCUT2D eigenvalue weighted by Crippen LogP contribution is 2.29. The van der Waals surface area contributed by atoms with E-state index in [-0.39, 0.29) is 11.3 Å². The minimum atomic E-state index is -3.17. The molecule has 1 aromatic rings. The summed E-state index contributed by atoms with van der Waals surface area (Å²) in [5.74, 6) is -2.91. The second-order valence-corrected chi connectivity index (χ2v) is 2.83. The number of hydrogen-bond donors (Lipinski definition) is 4. The van der Waals surface area contributed by atoms with Crippen LogP contribution in [0.1, 0.15) is 11.7 Å². The normalized spacial score (nSPS) is 13.8. The maximum atomic E-state index is 9.34. The van der Waals surface area contributed by atoms with Gasteiger partial charge < -0.3 is 25.2 Å². The average molecular weight is 200 g/mol. The molecule has 0 heterocycles. The molecule has 1 atom stereocenters. The number of methoxy groups -OCH3 is 1. The van der Waals surface area contributed by atoms with Crippen LogP contribution in [0, 0.1) is 0 Å². The number of aliphatic hydroxyl groups excluding tert-OH is 1. The molecular weight excluding hydrogens is 188 g/mol. The van der Waals surface area contributed by atoms with Gasteiger partial charge in [0, 0.05) is 5.56 Å². The van der Waals surface area contributed by atoms with Gasteiger partial charge in [0.1, 0.15) is 5.75 Å². The van der Waals surface area contributed by atoms with Crippen molar-refractivity contribution in [3.05, 3.63) is 29.8 Å². The van der Waals surface area contributed by atoms with Crippen molar-refractivity contribution >= 4 is 0 Å². The zero-order valence-corrected chi connectivity index (χ0v) is 7.58. The standard InChI is InChI=1S/C9H12O5/c1-14-7-5-3-2-4-6(7)8(10)9(11,12)13/h2-5,8,10-13H,1H3. The van der Waals surface area contributed by atoms with Gasteiger partial charge in [-0.15, -0.1) is 0 Å². The van der Waals surface area contributed by atoms with Gasteiger partial charge in [0.2, 0.25) is 0 Å². The molecule has 0 saturated heterocycles. The van der Waals surface area contributed by atoms with E-state index >= 15 is 0 Å². The van der Waals surface area contributed by atoms with E-state index in [1.807, 2.05) is 0 Å². The first-order valence-electron chi connectivity index (χ1n) is 3.95. The fourth-order valence-electron chi connectivity index (χ4n) is 1.10. The van der Waals surface area contributed by atoms with Crippen LogP contribution in [0.5, 0.6) is 5.75 Å². The van der Waals surface area contributed by atoms with Gasteiger partial charge in [-0.05, 0) is 6.07 Å².